The lowest BCUT2D eigenvalue weighted by molar-refractivity contribution is -0.121. The van der Waals surface area contributed by atoms with Crippen molar-refractivity contribution in [3.8, 4) is 0 Å². The van der Waals surface area contributed by atoms with Crippen LogP contribution in [0.15, 0.2) is 48.5 Å². The number of aryl methyl sites for hydroxylation is 2. The number of benzene rings is 2. The van der Waals surface area contributed by atoms with Crippen LogP contribution in [0.5, 0.6) is 0 Å². The van der Waals surface area contributed by atoms with E-state index in [4.69, 9.17) is 0 Å². The number of amides is 1. The zero-order valence-electron chi connectivity index (χ0n) is 14.6. The molecular formula is C21H26N2O. The van der Waals surface area contributed by atoms with E-state index in [1.54, 1.807) is 0 Å². The van der Waals surface area contributed by atoms with Crippen LogP contribution in [0.1, 0.15) is 29.5 Å². The lowest BCUT2D eigenvalue weighted by atomic mass is 9.95. The van der Waals surface area contributed by atoms with Gasteiger partial charge in [-0.05, 0) is 68.6 Å². The number of hydrogen-bond donors (Lipinski definition) is 1. The van der Waals surface area contributed by atoms with Gasteiger partial charge in [0, 0.05) is 18.2 Å². The maximum atomic E-state index is 12.5. The van der Waals surface area contributed by atoms with Crippen molar-refractivity contribution < 1.29 is 4.79 Å². The van der Waals surface area contributed by atoms with Crippen molar-refractivity contribution in [2.75, 3.05) is 18.4 Å². The van der Waals surface area contributed by atoms with Crippen LogP contribution in [0.2, 0.25) is 0 Å². The van der Waals surface area contributed by atoms with Gasteiger partial charge in [-0.3, -0.25) is 9.69 Å². The van der Waals surface area contributed by atoms with E-state index in [-0.39, 0.29) is 11.8 Å². The second kappa shape index (κ2) is 7.63. The molecule has 24 heavy (non-hydrogen) atoms. The Morgan fingerprint density at radius 2 is 1.75 bits per heavy atom. The average molecular weight is 322 g/mol. The summed E-state index contributed by atoms with van der Waals surface area (Å²) in [4.78, 5) is 14.9. The van der Waals surface area contributed by atoms with Crippen LogP contribution in [0.3, 0.4) is 0 Å². The van der Waals surface area contributed by atoms with E-state index >= 15 is 0 Å². The van der Waals surface area contributed by atoms with Gasteiger partial charge in [0.05, 0.1) is 0 Å². The Morgan fingerprint density at radius 3 is 2.42 bits per heavy atom. The number of piperidine rings is 1. The van der Waals surface area contributed by atoms with Crippen LogP contribution in [-0.4, -0.2) is 23.9 Å². The van der Waals surface area contributed by atoms with Crippen LogP contribution in [0, 0.1) is 19.8 Å². The molecule has 0 spiro atoms. The third kappa shape index (κ3) is 4.24. The number of anilines is 1. The maximum Gasteiger partial charge on any atom is 0.227 e. The molecule has 3 rings (SSSR count). The molecule has 0 unspecified atom stereocenters. The highest BCUT2D eigenvalue weighted by atomic mass is 16.1. The molecule has 2 aromatic rings. The van der Waals surface area contributed by atoms with Crippen molar-refractivity contribution in [1.82, 2.24) is 4.90 Å². The predicted octanol–water partition coefficient (Wildman–Crippen LogP) is 4.15. The molecule has 1 aliphatic heterocycles. The molecule has 3 nitrogen and oxygen atoms in total. The number of likely N-dealkylation sites (tertiary alicyclic amines) is 1. The van der Waals surface area contributed by atoms with Gasteiger partial charge < -0.3 is 5.32 Å². The van der Waals surface area contributed by atoms with Crippen LogP contribution < -0.4 is 5.32 Å². The molecule has 0 aromatic heterocycles. The Hall–Kier alpha value is -2.13. The lowest BCUT2D eigenvalue weighted by Crippen LogP contribution is -2.37. The minimum atomic E-state index is 0.124. The van der Waals surface area contributed by atoms with Crippen molar-refractivity contribution in [3.63, 3.8) is 0 Å². The summed E-state index contributed by atoms with van der Waals surface area (Å²) >= 11 is 0. The summed E-state index contributed by atoms with van der Waals surface area (Å²) in [6.45, 7) is 7.11. The summed E-state index contributed by atoms with van der Waals surface area (Å²) in [6.07, 6.45) is 1.87. The summed E-state index contributed by atoms with van der Waals surface area (Å²) < 4.78 is 0. The van der Waals surface area contributed by atoms with Crippen LogP contribution in [0.4, 0.5) is 5.69 Å². The molecule has 1 amide bonds. The van der Waals surface area contributed by atoms with Crippen molar-refractivity contribution in [2.24, 2.45) is 5.92 Å². The Morgan fingerprint density at radius 1 is 1.04 bits per heavy atom. The second-order valence-electron chi connectivity index (χ2n) is 6.82. The minimum Gasteiger partial charge on any atom is -0.326 e. The van der Waals surface area contributed by atoms with Crippen molar-refractivity contribution in [1.29, 1.82) is 0 Å². The highest BCUT2D eigenvalue weighted by Gasteiger charge is 2.25. The standard InChI is InChI=1S/C21H26N2O/c1-16-8-9-20(14-17(16)2)22-21(24)19-10-12-23(13-11-19)15-18-6-4-3-5-7-18/h3-9,14,19H,10-13,15H2,1-2H3,(H,22,24). The number of carbonyl (C=O) groups excluding carboxylic acids is 1. The predicted molar refractivity (Wildman–Crippen MR) is 99.0 cm³/mol. The van der Waals surface area contributed by atoms with E-state index in [9.17, 15) is 4.79 Å². The summed E-state index contributed by atoms with van der Waals surface area (Å²) in [7, 11) is 0. The van der Waals surface area contributed by atoms with E-state index < -0.39 is 0 Å². The molecule has 1 N–H and O–H groups in total. The van der Waals surface area contributed by atoms with Crippen molar-refractivity contribution >= 4 is 11.6 Å². The molecular weight excluding hydrogens is 296 g/mol. The summed E-state index contributed by atoms with van der Waals surface area (Å²) in [5, 5.41) is 3.09. The second-order valence-corrected chi connectivity index (χ2v) is 6.82. The number of nitrogens with one attached hydrogen (secondary N) is 1. The van der Waals surface area contributed by atoms with Gasteiger partial charge in [0.2, 0.25) is 5.91 Å². The molecule has 1 saturated heterocycles. The Kier molecular flexibility index (Phi) is 5.31. The van der Waals surface area contributed by atoms with Gasteiger partial charge in [0.15, 0.2) is 0 Å². The molecule has 126 valence electrons. The SMILES string of the molecule is Cc1ccc(NC(=O)C2CCN(Cc3ccccc3)CC2)cc1C. The first-order valence-electron chi connectivity index (χ1n) is 8.76. The van der Waals surface area contributed by atoms with Gasteiger partial charge in [-0.2, -0.15) is 0 Å². The van der Waals surface area contributed by atoms with Gasteiger partial charge in [-0.25, -0.2) is 0 Å². The number of nitrogens with zero attached hydrogens (tertiary/aromatic N) is 1. The first-order chi connectivity index (χ1) is 11.6. The first-order valence-corrected chi connectivity index (χ1v) is 8.76. The fraction of sp³-hybridized carbons (Fsp3) is 0.381. The third-order valence-corrected chi connectivity index (χ3v) is 4.98. The molecule has 0 aliphatic carbocycles. The molecule has 3 heteroatoms. The normalized spacial score (nSPS) is 16.1. The molecule has 0 saturated carbocycles. The van der Waals surface area contributed by atoms with Gasteiger partial charge in [-0.1, -0.05) is 36.4 Å². The highest BCUT2D eigenvalue weighted by Crippen LogP contribution is 2.22. The fourth-order valence-corrected chi connectivity index (χ4v) is 3.26. The zero-order chi connectivity index (χ0) is 16.9. The van der Waals surface area contributed by atoms with Crippen molar-refractivity contribution in [3.05, 3.63) is 65.2 Å². The Balaban J connectivity index is 1.50. The third-order valence-electron chi connectivity index (χ3n) is 4.98. The molecule has 1 heterocycles. The molecule has 2 aromatic carbocycles. The smallest absolute Gasteiger partial charge is 0.227 e. The largest absolute Gasteiger partial charge is 0.326 e. The van der Waals surface area contributed by atoms with Crippen LogP contribution >= 0.6 is 0 Å². The van der Waals surface area contributed by atoms with Gasteiger partial charge >= 0.3 is 0 Å². The van der Waals surface area contributed by atoms with Crippen LogP contribution in [0.25, 0.3) is 0 Å². The quantitative estimate of drug-likeness (QED) is 0.917. The topological polar surface area (TPSA) is 32.3 Å². The maximum absolute atomic E-state index is 12.5. The number of hydrogen-bond acceptors (Lipinski definition) is 2. The van der Waals surface area contributed by atoms with E-state index in [2.05, 4.69) is 60.5 Å². The molecule has 0 radical (unpaired) electrons. The van der Waals surface area contributed by atoms with Crippen LogP contribution in [-0.2, 0) is 11.3 Å². The summed E-state index contributed by atoms with van der Waals surface area (Å²) in [6, 6.07) is 16.7. The van der Waals surface area contributed by atoms with Crippen molar-refractivity contribution in [2.45, 2.75) is 33.2 Å². The Bertz CT molecular complexity index is 688. The Labute approximate surface area is 144 Å². The van der Waals surface area contributed by atoms with Gasteiger partial charge in [0.25, 0.3) is 0 Å². The van der Waals surface area contributed by atoms with E-state index in [1.165, 1.54) is 16.7 Å². The molecule has 1 aliphatic rings. The average Bonchev–Trinajstić information content (AvgIpc) is 2.60. The summed E-state index contributed by atoms with van der Waals surface area (Å²) in [5.41, 5.74) is 4.72. The molecule has 0 bridgehead atoms. The number of carbonyl (C=O) groups is 1. The fourth-order valence-electron chi connectivity index (χ4n) is 3.26. The van der Waals surface area contributed by atoms with E-state index in [0.717, 1.165) is 38.2 Å². The monoisotopic (exact) mass is 322 g/mol. The zero-order valence-corrected chi connectivity index (χ0v) is 14.6. The minimum absolute atomic E-state index is 0.124. The highest BCUT2D eigenvalue weighted by molar-refractivity contribution is 5.92. The molecule has 1 fully saturated rings. The first kappa shape index (κ1) is 16.7. The van der Waals surface area contributed by atoms with E-state index in [1.807, 2.05) is 12.1 Å². The van der Waals surface area contributed by atoms with Gasteiger partial charge in [0.1, 0.15) is 0 Å². The molecule has 0 atom stereocenters. The van der Waals surface area contributed by atoms with Gasteiger partial charge in [-0.15, -0.1) is 0 Å². The summed E-state index contributed by atoms with van der Waals surface area (Å²) in [5.74, 6) is 0.288. The lowest BCUT2D eigenvalue weighted by Gasteiger charge is -2.31. The van der Waals surface area contributed by atoms with E-state index in [0.29, 0.717) is 0 Å². The number of rotatable bonds is 4.